The molecule has 0 unspecified atom stereocenters. The number of aliphatic hydroxyl groups excluding tert-OH is 1. The van der Waals surface area contributed by atoms with Crippen molar-refractivity contribution in [2.75, 3.05) is 5.32 Å². The van der Waals surface area contributed by atoms with Crippen molar-refractivity contribution in [3.63, 3.8) is 0 Å². The normalized spacial score (nSPS) is 11.3. The van der Waals surface area contributed by atoms with Gasteiger partial charge in [-0.2, -0.15) is 0 Å². The summed E-state index contributed by atoms with van der Waals surface area (Å²) < 4.78 is 1.16. The van der Waals surface area contributed by atoms with E-state index in [1.807, 2.05) is 35.8 Å². The van der Waals surface area contributed by atoms with Crippen LogP contribution in [0.25, 0.3) is 42.7 Å². The van der Waals surface area contributed by atoms with Crippen LogP contribution in [0.4, 0.5) is 11.5 Å². The van der Waals surface area contributed by atoms with Crippen LogP contribution >= 0.6 is 22.7 Å². The molecule has 6 rings (SSSR count). The minimum absolute atomic E-state index is 0.00925. The number of anilines is 2. The van der Waals surface area contributed by atoms with Gasteiger partial charge in [-0.15, -0.1) is 22.7 Å². The molecule has 0 fully saturated rings. The lowest BCUT2D eigenvalue weighted by atomic mass is 9.95. The molecular weight excluding hydrogens is 448 g/mol. The highest BCUT2D eigenvalue weighted by molar-refractivity contribution is 7.16. The number of aliphatic hydroxyl groups is 1. The fourth-order valence-electron chi connectivity index (χ4n) is 3.99. The molecule has 0 saturated carbocycles. The summed E-state index contributed by atoms with van der Waals surface area (Å²) in [6.07, 6.45) is 1.59. The molecule has 33 heavy (non-hydrogen) atoms. The molecule has 3 aromatic heterocycles. The largest absolute Gasteiger partial charge is 0.392 e. The lowest BCUT2D eigenvalue weighted by Gasteiger charge is -2.14. The first kappa shape index (κ1) is 20.0. The van der Waals surface area contributed by atoms with Crippen LogP contribution < -0.4 is 5.32 Å². The maximum Gasteiger partial charge on any atom is 0.141 e. The van der Waals surface area contributed by atoms with Crippen molar-refractivity contribution in [2.45, 2.75) is 6.61 Å². The summed E-state index contributed by atoms with van der Waals surface area (Å²) in [5, 5.41) is 16.1. The summed E-state index contributed by atoms with van der Waals surface area (Å²) >= 11 is 3.33. The summed E-state index contributed by atoms with van der Waals surface area (Å²) in [5.41, 5.74) is 8.73. The molecular formula is C26H18N4OS2. The standard InChI is InChI=1S/C26H18N4OS2/c31-13-16-3-1-4-17(9-16)19-12-22-21(11-20(19)24-5-2-8-32-24)26(28-14-27-22)30-18-6-7-25-23(10-18)29-15-33-25/h1-12,14-15,31H,13H2,(H,27,28,30). The van der Waals surface area contributed by atoms with Gasteiger partial charge in [-0.05, 0) is 64.5 Å². The molecule has 0 bridgehead atoms. The van der Waals surface area contributed by atoms with Gasteiger partial charge in [-0.3, -0.25) is 0 Å². The molecule has 0 amide bonds. The summed E-state index contributed by atoms with van der Waals surface area (Å²) in [4.78, 5) is 14.7. The quantitative estimate of drug-likeness (QED) is 0.290. The van der Waals surface area contributed by atoms with Gasteiger partial charge in [-0.1, -0.05) is 24.3 Å². The smallest absolute Gasteiger partial charge is 0.141 e. The van der Waals surface area contributed by atoms with Crippen molar-refractivity contribution in [1.82, 2.24) is 15.0 Å². The Morgan fingerprint density at radius 2 is 1.79 bits per heavy atom. The molecule has 160 valence electrons. The molecule has 0 spiro atoms. The van der Waals surface area contributed by atoms with Gasteiger partial charge >= 0.3 is 0 Å². The number of rotatable bonds is 5. The van der Waals surface area contributed by atoms with Crippen molar-refractivity contribution in [2.24, 2.45) is 0 Å². The third kappa shape index (κ3) is 3.76. The van der Waals surface area contributed by atoms with E-state index >= 15 is 0 Å². The van der Waals surface area contributed by atoms with E-state index in [9.17, 15) is 5.11 Å². The summed E-state index contributed by atoms with van der Waals surface area (Å²) in [6.45, 7) is 0.00925. The van der Waals surface area contributed by atoms with Crippen molar-refractivity contribution < 1.29 is 5.11 Å². The van der Waals surface area contributed by atoms with Crippen molar-refractivity contribution in [3.8, 4) is 21.6 Å². The molecule has 0 aliphatic rings. The Bertz CT molecular complexity index is 1590. The van der Waals surface area contributed by atoms with Gasteiger partial charge in [0.1, 0.15) is 12.1 Å². The minimum atomic E-state index is 0.00925. The highest BCUT2D eigenvalue weighted by Crippen LogP contribution is 2.39. The van der Waals surface area contributed by atoms with Gasteiger partial charge in [0, 0.05) is 21.5 Å². The summed E-state index contributed by atoms with van der Waals surface area (Å²) in [6, 6.07) is 22.6. The molecule has 0 aliphatic heterocycles. The van der Waals surface area contributed by atoms with Crippen molar-refractivity contribution in [1.29, 1.82) is 0 Å². The van der Waals surface area contributed by atoms with E-state index in [1.165, 1.54) is 4.88 Å². The summed E-state index contributed by atoms with van der Waals surface area (Å²) in [7, 11) is 0. The van der Waals surface area contributed by atoms with Crippen LogP contribution in [0.3, 0.4) is 0 Å². The van der Waals surface area contributed by atoms with Crippen LogP contribution in [-0.4, -0.2) is 20.1 Å². The second kappa shape index (κ2) is 8.37. The topological polar surface area (TPSA) is 70.9 Å². The lowest BCUT2D eigenvalue weighted by molar-refractivity contribution is 0.282. The zero-order valence-corrected chi connectivity index (χ0v) is 19.0. The molecule has 3 heterocycles. The third-order valence-corrected chi connectivity index (χ3v) is 7.29. The maximum atomic E-state index is 9.63. The van der Waals surface area contributed by atoms with Crippen LogP contribution in [0.2, 0.25) is 0 Å². The molecule has 0 aliphatic carbocycles. The number of hydrogen-bond donors (Lipinski definition) is 2. The summed E-state index contributed by atoms with van der Waals surface area (Å²) in [5.74, 6) is 0.753. The average molecular weight is 467 g/mol. The Kier molecular flexibility index (Phi) is 5.07. The molecule has 0 radical (unpaired) electrons. The van der Waals surface area contributed by atoms with Gasteiger partial charge in [0.2, 0.25) is 0 Å². The number of thiazole rings is 1. The van der Waals surface area contributed by atoms with E-state index in [-0.39, 0.29) is 6.61 Å². The first-order chi connectivity index (χ1) is 16.3. The molecule has 7 heteroatoms. The predicted molar refractivity (Wildman–Crippen MR) is 137 cm³/mol. The third-order valence-electron chi connectivity index (χ3n) is 5.57. The number of aromatic nitrogens is 3. The highest BCUT2D eigenvalue weighted by atomic mass is 32.1. The highest BCUT2D eigenvalue weighted by Gasteiger charge is 2.14. The Hall–Kier alpha value is -3.65. The first-order valence-electron chi connectivity index (χ1n) is 10.4. The molecule has 5 nitrogen and oxygen atoms in total. The van der Waals surface area contributed by atoms with Crippen LogP contribution in [-0.2, 0) is 6.61 Å². The Morgan fingerprint density at radius 3 is 2.67 bits per heavy atom. The maximum absolute atomic E-state index is 9.63. The number of nitrogens with zero attached hydrogens (tertiary/aromatic N) is 3. The van der Waals surface area contributed by atoms with E-state index in [4.69, 9.17) is 0 Å². The number of thiophene rings is 1. The fourth-order valence-corrected chi connectivity index (χ4v) is 5.40. The number of benzene rings is 3. The second-order valence-electron chi connectivity index (χ2n) is 7.63. The SMILES string of the molecule is OCc1cccc(-c2cc3ncnc(Nc4ccc5scnc5c4)c3cc2-c2cccs2)c1. The van der Waals surface area contributed by atoms with Crippen LogP contribution in [0.5, 0.6) is 0 Å². The molecule has 6 aromatic rings. The van der Waals surface area contributed by atoms with Gasteiger partial charge < -0.3 is 10.4 Å². The van der Waals surface area contributed by atoms with Gasteiger partial charge in [0.15, 0.2) is 0 Å². The van der Waals surface area contributed by atoms with E-state index in [1.54, 1.807) is 29.0 Å². The Morgan fingerprint density at radius 1 is 0.818 bits per heavy atom. The minimum Gasteiger partial charge on any atom is -0.392 e. The predicted octanol–water partition coefficient (Wildman–Crippen LogP) is 6.87. The lowest BCUT2D eigenvalue weighted by Crippen LogP contribution is -1.97. The average Bonchev–Trinajstić information content (AvgIpc) is 3.56. The zero-order chi connectivity index (χ0) is 22.2. The van der Waals surface area contributed by atoms with Crippen molar-refractivity contribution in [3.05, 3.63) is 89.5 Å². The molecule has 0 atom stereocenters. The number of fused-ring (bicyclic) bond motifs is 2. The van der Waals surface area contributed by atoms with Crippen LogP contribution in [0.1, 0.15) is 5.56 Å². The monoisotopic (exact) mass is 466 g/mol. The molecule has 2 N–H and O–H groups in total. The molecule has 3 aromatic carbocycles. The van der Waals surface area contributed by atoms with Gasteiger partial charge in [0.25, 0.3) is 0 Å². The number of hydrogen-bond acceptors (Lipinski definition) is 7. The fraction of sp³-hybridized carbons (Fsp3) is 0.0385. The Labute approximate surface area is 198 Å². The van der Waals surface area contributed by atoms with Gasteiger partial charge in [-0.25, -0.2) is 15.0 Å². The second-order valence-corrected chi connectivity index (χ2v) is 9.47. The van der Waals surface area contributed by atoms with E-state index in [0.29, 0.717) is 0 Å². The van der Waals surface area contributed by atoms with Crippen LogP contribution in [0.15, 0.2) is 83.9 Å². The molecule has 0 saturated heterocycles. The first-order valence-corrected chi connectivity index (χ1v) is 12.2. The zero-order valence-electron chi connectivity index (χ0n) is 17.4. The Balaban J connectivity index is 1.52. The van der Waals surface area contributed by atoms with E-state index in [0.717, 1.165) is 54.9 Å². The van der Waals surface area contributed by atoms with Crippen LogP contribution in [0, 0.1) is 0 Å². The van der Waals surface area contributed by atoms with E-state index in [2.05, 4.69) is 62.0 Å². The number of nitrogens with one attached hydrogen (secondary N) is 1. The van der Waals surface area contributed by atoms with Gasteiger partial charge in [0.05, 0.1) is 27.9 Å². The van der Waals surface area contributed by atoms with E-state index < -0.39 is 0 Å². The van der Waals surface area contributed by atoms with Crippen molar-refractivity contribution >= 4 is 55.3 Å².